The van der Waals surface area contributed by atoms with Gasteiger partial charge in [0.2, 0.25) is 11.1 Å². The summed E-state index contributed by atoms with van der Waals surface area (Å²) in [6.45, 7) is 6.01. The number of H-pyrrole nitrogens is 1. The van der Waals surface area contributed by atoms with E-state index in [0.29, 0.717) is 17.2 Å². The first-order valence-corrected chi connectivity index (χ1v) is 10.1. The summed E-state index contributed by atoms with van der Waals surface area (Å²) in [6.07, 6.45) is 0.662. The zero-order valence-electron chi connectivity index (χ0n) is 16.0. The van der Waals surface area contributed by atoms with Gasteiger partial charge in [-0.1, -0.05) is 54.6 Å². The lowest BCUT2D eigenvalue weighted by molar-refractivity contribution is -0.115. The van der Waals surface area contributed by atoms with E-state index in [1.807, 2.05) is 57.2 Å². The Kier molecular flexibility index (Phi) is 5.00. The minimum Gasteiger partial charge on any atom is -0.338 e. The summed E-state index contributed by atoms with van der Waals surface area (Å²) in [5.41, 5.74) is 5.45. The molecule has 1 amide bonds. The van der Waals surface area contributed by atoms with Crippen LogP contribution in [0, 0.1) is 13.8 Å². The lowest BCUT2D eigenvalue weighted by atomic mass is 10.1. The van der Waals surface area contributed by atoms with Crippen LogP contribution in [-0.4, -0.2) is 31.3 Å². The molecule has 2 heterocycles. The van der Waals surface area contributed by atoms with Crippen LogP contribution >= 0.6 is 11.8 Å². The molecule has 6 nitrogen and oxygen atoms in total. The van der Waals surface area contributed by atoms with E-state index in [9.17, 15) is 4.79 Å². The number of aromatic amines is 1. The van der Waals surface area contributed by atoms with Gasteiger partial charge in [0.25, 0.3) is 0 Å². The molecule has 2 aromatic carbocycles. The van der Waals surface area contributed by atoms with E-state index in [1.165, 1.54) is 17.3 Å². The number of nitrogens with zero attached hydrogens (tertiary/aromatic N) is 3. The zero-order valence-corrected chi connectivity index (χ0v) is 16.8. The number of hydrogen-bond acceptors (Lipinski definition) is 5. The highest BCUT2D eigenvalue weighted by Crippen LogP contribution is 2.27. The fraction of sp³-hybridized carbons (Fsp3) is 0.238. The number of fused-ring (bicyclic) bond motifs is 3. The summed E-state index contributed by atoms with van der Waals surface area (Å²) in [5, 5.41) is 12.8. The van der Waals surface area contributed by atoms with Gasteiger partial charge in [0, 0.05) is 16.6 Å². The van der Waals surface area contributed by atoms with Crippen LogP contribution in [-0.2, 0) is 4.79 Å². The molecule has 0 aliphatic carbocycles. The number of carbonyl (C=O) groups excluding carboxylic acids is 1. The largest absolute Gasteiger partial charge is 0.338 e. The summed E-state index contributed by atoms with van der Waals surface area (Å²) >= 11 is 1.33. The maximum Gasteiger partial charge on any atom is 0.237 e. The van der Waals surface area contributed by atoms with Crippen molar-refractivity contribution in [3.8, 4) is 0 Å². The van der Waals surface area contributed by atoms with Crippen LogP contribution in [0.25, 0.3) is 22.1 Å². The maximum absolute atomic E-state index is 12.8. The molecular weight excluding hydrogens is 370 g/mol. The number of amides is 1. The van der Waals surface area contributed by atoms with Crippen molar-refractivity contribution in [2.75, 3.05) is 5.32 Å². The van der Waals surface area contributed by atoms with E-state index < -0.39 is 0 Å². The van der Waals surface area contributed by atoms with Crippen molar-refractivity contribution in [2.24, 2.45) is 0 Å². The molecule has 1 atom stereocenters. The van der Waals surface area contributed by atoms with E-state index in [4.69, 9.17) is 0 Å². The standard InChI is InChI=1S/C21H21N5OS/c1-4-17(20(27)23-15-10-9-12(2)11-13(15)3)28-21-24-19-18(25-26-21)14-7-5-6-8-16(14)22-19/h5-11,17H,4H2,1-3H3,(H,23,27)(H,22,24,26). The number of anilines is 1. The van der Waals surface area contributed by atoms with Crippen molar-refractivity contribution in [1.29, 1.82) is 0 Å². The monoisotopic (exact) mass is 391 g/mol. The second kappa shape index (κ2) is 7.59. The summed E-state index contributed by atoms with van der Waals surface area (Å²) in [7, 11) is 0. The SMILES string of the molecule is CCC(Sc1nnc2c(n1)[nH]c1ccccc12)C(=O)Nc1ccc(C)cc1C. The third kappa shape index (κ3) is 3.57. The Morgan fingerprint density at radius 2 is 2.00 bits per heavy atom. The number of aryl methyl sites for hydroxylation is 2. The second-order valence-electron chi connectivity index (χ2n) is 6.78. The van der Waals surface area contributed by atoms with Crippen molar-refractivity contribution >= 4 is 45.4 Å². The van der Waals surface area contributed by atoms with Crippen LogP contribution in [0.2, 0.25) is 0 Å². The number of hydrogen-bond donors (Lipinski definition) is 2. The Labute approximate surface area is 167 Å². The summed E-state index contributed by atoms with van der Waals surface area (Å²) in [4.78, 5) is 20.6. The van der Waals surface area contributed by atoms with Crippen LogP contribution in [0.1, 0.15) is 24.5 Å². The molecule has 0 aliphatic rings. The van der Waals surface area contributed by atoms with Gasteiger partial charge in [-0.05, 0) is 38.0 Å². The number of rotatable bonds is 5. The molecule has 0 bridgehead atoms. The van der Waals surface area contributed by atoms with Gasteiger partial charge in [-0.2, -0.15) is 0 Å². The molecule has 1 unspecified atom stereocenters. The molecule has 28 heavy (non-hydrogen) atoms. The molecule has 2 N–H and O–H groups in total. The maximum atomic E-state index is 12.8. The average Bonchev–Trinajstić information content (AvgIpc) is 3.06. The Morgan fingerprint density at radius 1 is 1.18 bits per heavy atom. The molecule has 0 saturated heterocycles. The van der Waals surface area contributed by atoms with Crippen molar-refractivity contribution in [2.45, 2.75) is 37.6 Å². The van der Waals surface area contributed by atoms with Gasteiger partial charge in [0.15, 0.2) is 5.65 Å². The fourth-order valence-corrected chi connectivity index (χ4v) is 3.99. The quantitative estimate of drug-likeness (QED) is 0.485. The van der Waals surface area contributed by atoms with E-state index in [1.54, 1.807) is 0 Å². The lowest BCUT2D eigenvalue weighted by Crippen LogP contribution is -2.25. The number of nitrogens with one attached hydrogen (secondary N) is 2. The van der Waals surface area contributed by atoms with Crippen molar-refractivity contribution in [3.63, 3.8) is 0 Å². The first kappa shape index (κ1) is 18.4. The number of benzene rings is 2. The first-order chi connectivity index (χ1) is 13.5. The van der Waals surface area contributed by atoms with Gasteiger partial charge in [-0.3, -0.25) is 4.79 Å². The Bertz CT molecular complexity index is 1170. The first-order valence-electron chi connectivity index (χ1n) is 9.21. The van der Waals surface area contributed by atoms with Crippen molar-refractivity contribution < 1.29 is 4.79 Å². The molecule has 0 radical (unpaired) electrons. The van der Waals surface area contributed by atoms with E-state index in [-0.39, 0.29) is 11.2 Å². The molecule has 0 fully saturated rings. The minimum absolute atomic E-state index is 0.0557. The molecule has 7 heteroatoms. The molecule has 4 rings (SSSR count). The molecule has 0 saturated carbocycles. The van der Waals surface area contributed by atoms with Gasteiger partial charge in [-0.25, -0.2) is 4.98 Å². The highest BCUT2D eigenvalue weighted by atomic mass is 32.2. The van der Waals surface area contributed by atoms with Gasteiger partial charge >= 0.3 is 0 Å². The molecule has 4 aromatic rings. The topological polar surface area (TPSA) is 83.6 Å². The Balaban J connectivity index is 1.55. The normalized spacial score (nSPS) is 12.4. The Morgan fingerprint density at radius 3 is 2.79 bits per heavy atom. The lowest BCUT2D eigenvalue weighted by Gasteiger charge is -2.15. The third-order valence-corrected chi connectivity index (χ3v) is 5.87. The molecular formula is C21H21N5OS. The number of thioether (sulfide) groups is 1. The molecule has 142 valence electrons. The van der Waals surface area contributed by atoms with Crippen molar-refractivity contribution in [1.82, 2.24) is 20.2 Å². The number of aromatic nitrogens is 4. The van der Waals surface area contributed by atoms with E-state index in [0.717, 1.165) is 27.7 Å². The summed E-state index contributed by atoms with van der Waals surface area (Å²) in [6, 6.07) is 13.9. The highest BCUT2D eigenvalue weighted by molar-refractivity contribution is 8.00. The summed E-state index contributed by atoms with van der Waals surface area (Å²) < 4.78 is 0. The highest BCUT2D eigenvalue weighted by Gasteiger charge is 2.21. The Hall–Kier alpha value is -2.93. The molecule has 0 aliphatic heterocycles. The predicted octanol–water partition coefficient (Wildman–Crippen LogP) is 4.63. The van der Waals surface area contributed by atoms with E-state index >= 15 is 0 Å². The van der Waals surface area contributed by atoms with Gasteiger partial charge in [0.05, 0.1) is 5.25 Å². The van der Waals surface area contributed by atoms with Crippen LogP contribution in [0.3, 0.4) is 0 Å². The molecule has 2 aromatic heterocycles. The van der Waals surface area contributed by atoms with Crippen molar-refractivity contribution in [3.05, 3.63) is 53.6 Å². The van der Waals surface area contributed by atoms with Gasteiger partial charge < -0.3 is 10.3 Å². The van der Waals surface area contributed by atoms with Crippen LogP contribution in [0.5, 0.6) is 0 Å². The molecule has 0 spiro atoms. The van der Waals surface area contributed by atoms with E-state index in [2.05, 4.69) is 31.5 Å². The van der Waals surface area contributed by atoms with Gasteiger partial charge in [-0.15, -0.1) is 10.2 Å². The average molecular weight is 392 g/mol. The summed E-state index contributed by atoms with van der Waals surface area (Å²) in [5.74, 6) is -0.0557. The smallest absolute Gasteiger partial charge is 0.237 e. The third-order valence-electron chi connectivity index (χ3n) is 4.65. The number of carbonyl (C=O) groups is 1. The minimum atomic E-state index is -0.302. The van der Waals surface area contributed by atoms with Crippen LogP contribution < -0.4 is 5.32 Å². The zero-order chi connectivity index (χ0) is 19.7. The van der Waals surface area contributed by atoms with Crippen LogP contribution in [0.15, 0.2) is 47.6 Å². The second-order valence-corrected chi connectivity index (χ2v) is 7.95. The fourth-order valence-electron chi connectivity index (χ4n) is 3.17. The van der Waals surface area contributed by atoms with Crippen LogP contribution in [0.4, 0.5) is 5.69 Å². The van der Waals surface area contributed by atoms with Gasteiger partial charge in [0.1, 0.15) is 5.52 Å². The predicted molar refractivity (Wildman–Crippen MR) is 114 cm³/mol. The number of para-hydroxylation sites is 1.